The van der Waals surface area contributed by atoms with Crippen molar-refractivity contribution in [1.82, 2.24) is 5.32 Å². The summed E-state index contributed by atoms with van der Waals surface area (Å²) in [5.41, 5.74) is 0. The molecule has 73 heavy (non-hydrogen) atoms. The number of likely N-dealkylation sites (N-methyl/N-ethyl adjacent to an activating group) is 1. The van der Waals surface area contributed by atoms with Gasteiger partial charge in [-0.05, 0) is 44.9 Å². The van der Waals surface area contributed by atoms with E-state index in [4.69, 9.17) is 9.05 Å². The summed E-state index contributed by atoms with van der Waals surface area (Å²) >= 11 is 0. The zero-order valence-corrected chi connectivity index (χ0v) is 50.5. The molecule has 9 heteroatoms. The van der Waals surface area contributed by atoms with E-state index in [2.05, 4.69) is 43.5 Å². The minimum absolute atomic E-state index is 0.0127. The summed E-state index contributed by atoms with van der Waals surface area (Å²) in [4.78, 5) is 25.6. The van der Waals surface area contributed by atoms with Crippen LogP contribution >= 0.6 is 7.82 Å². The fourth-order valence-electron chi connectivity index (χ4n) is 9.90. The fraction of sp³-hybridized carbons (Fsp3) is 0.922. The lowest BCUT2D eigenvalue weighted by atomic mass is 10.0. The van der Waals surface area contributed by atoms with E-state index in [9.17, 15) is 19.4 Å². The van der Waals surface area contributed by atoms with Crippen molar-refractivity contribution in [3.8, 4) is 0 Å². The third-order valence-electron chi connectivity index (χ3n) is 14.9. The molecule has 434 valence electrons. The normalized spacial score (nSPS) is 13.9. The molecule has 3 unspecified atom stereocenters. The van der Waals surface area contributed by atoms with Gasteiger partial charge in [0.25, 0.3) is 7.82 Å². The van der Waals surface area contributed by atoms with Crippen molar-refractivity contribution in [2.75, 3.05) is 40.9 Å². The highest BCUT2D eigenvalue weighted by atomic mass is 31.2. The molecule has 0 spiro atoms. The second-order valence-corrected chi connectivity index (χ2v) is 24.9. The molecule has 0 aliphatic rings. The monoisotopic (exact) mass is 1050 g/mol. The predicted octanol–water partition coefficient (Wildman–Crippen LogP) is 19.3. The molecular weight excluding hydrogens is 924 g/mol. The second kappa shape index (κ2) is 55.7. The first-order valence-corrected chi connectivity index (χ1v) is 33.6. The number of nitrogens with one attached hydrogen (secondary N) is 1. The zero-order chi connectivity index (χ0) is 53.5. The van der Waals surface area contributed by atoms with Gasteiger partial charge in [-0.3, -0.25) is 9.36 Å². The Kier molecular flexibility index (Phi) is 54.9. The Labute approximate surface area is 455 Å². The molecule has 2 N–H and O–H groups in total. The Morgan fingerprint density at radius 1 is 0.479 bits per heavy atom. The third-order valence-corrected chi connectivity index (χ3v) is 15.9. The predicted molar refractivity (Wildman–Crippen MR) is 316 cm³/mol. The molecule has 0 bridgehead atoms. The number of nitrogens with zero attached hydrogens (tertiary/aromatic N) is 1. The molecular formula is C64H127N2O6P. The Morgan fingerprint density at radius 2 is 0.795 bits per heavy atom. The summed E-state index contributed by atoms with van der Waals surface area (Å²) in [6.07, 6.45) is 70.9. The lowest BCUT2D eigenvalue weighted by Gasteiger charge is -2.30. The molecule has 1 amide bonds. The van der Waals surface area contributed by atoms with Gasteiger partial charge in [0.2, 0.25) is 5.91 Å². The number of quaternary nitrogens is 1. The van der Waals surface area contributed by atoms with Crippen molar-refractivity contribution in [1.29, 1.82) is 0 Å². The van der Waals surface area contributed by atoms with Gasteiger partial charge in [0.15, 0.2) is 0 Å². The maximum Gasteiger partial charge on any atom is 0.268 e. The maximum absolute atomic E-state index is 13.0. The van der Waals surface area contributed by atoms with Crippen LogP contribution < -0.4 is 10.2 Å². The van der Waals surface area contributed by atoms with Gasteiger partial charge in [-0.15, -0.1) is 0 Å². The van der Waals surface area contributed by atoms with E-state index in [0.717, 1.165) is 44.9 Å². The third kappa shape index (κ3) is 58.5. The summed E-state index contributed by atoms with van der Waals surface area (Å²) in [6.45, 7) is 4.76. The number of aliphatic hydroxyl groups excluding tert-OH is 1. The van der Waals surface area contributed by atoms with Gasteiger partial charge in [0.05, 0.1) is 39.9 Å². The van der Waals surface area contributed by atoms with E-state index in [-0.39, 0.29) is 19.1 Å². The van der Waals surface area contributed by atoms with Crippen LogP contribution in [-0.4, -0.2) is 68.5 Å². The van der Waals surface area contributed by atoms with Crippen molar-refractivity contribution in [2.24, 2.45) is 0 Å². The van der Waals surface area contributed by atoms with Crippen LogP contribution in [0.15, 0.2) is 24.3 Å². The number of rotatable bonds is 60. The minimum Gasteiger partial charge on any atom is -0.756 e. The van der Waals surface area contributed by atoms with E-state index >= 15 is 0 Å². The SMILES string of the molecule is CCCCCCC/C=C\C/C=C\CCCCCCCCCCCC(=O)NC(COP(=O)([O-])OCC[N+](C)(C)C)C(O)CCCCCCCCCCCCCCCCCCCCCCCCCCCCCCCC. The summed E-state index contributed by atoms with van der Waals surface area (Å²) in [5, 5.41) is 14.1. The van der Waals surface area contributed by atoms with Gasteiger partial charge in [0, 0.05) is 6.42 Å². The van der Waals surface area contributed by atoms with E-state index in [0.29, 0.717) is 23.9 Å². The zero-order valence-electron chi connectivity index (χ0n) is 49.6. The number of aliphatic hydroxyl groups is 1. The highest BCUT2D eigenvalue weighted by molar-refractivity contribution is 7.45. The van der Waals surface area contributed by atoms with Crippen LogP contribution in [0.25, 0.3) is 0 Å². The van der Waals surface area contributed by atoms with E-state index in [1.54, 1.807) is 0 Å². The van der Waals surface area contributed by atoms with Crippen LogP contribution in [0, 0.1) is 0 Å². The minimum atomic E-state index is -4.58. The van der Waals surface area contributed by atoms with Crippen LogP contribution in [0.3, 0.4) is 0 Å². The molecule has 3 atom stereocenters. The van der Waals surface area contributed by atoms with Gasteiger partial charge in [-0.1, -0.05) is 301 Å². The topological polar surface area (TPSA) is 108 Å². The average molecular weight is 1050 g/mol. The maximum atomic E-state index is 13.0. The molecule has 0 aromatic carbocycles. The molecule has 0 rings (SSSR count). The molecule has 0 fully saturated rings. The highest BCUT2D eigenvalue weighted by Gasteiger charge is 2.24. The van der Waals surface area contributed by atoms with Gasteiger partial charge in [-0.2, -0.15) is 0 Å². The van der Waals surface area contributed by atoms with Crippen LogP contribution in [-0.2, 0) is 18.4 Å². The standard InChI is InChI=1S/C64H127N2O6P/c1-6-8-10-12-14-16-18-20-22-24-26-28-29-30-31-32-33-34-35-36-38-39-41-43-45-47-49-51-53-55-57-63(67)62(61-72-73(69,70)71-60-59-66(3,4)5)65-64(68)58-56-54-52-50-48-46-44-42-40-37-27-25-23-21-19-17-15-13-11-9-7-2/h19,21,25,27,62-63,67H,6-18,20,22-24,26,28-61H2,1-5H3,(H-,65,68,69,70)/b21-19-,27-25-. The molecule has 8 nitrogen and oxygen atoms in total. The average Bonchev–Trinajstić information content (AvgIpc) is 3.35. The van der Waals surface area contributed by atoms with Crippen LogP contribution in [0.4, 0.5) is 0 Å². The van der Waals surface area contributed by atoms with E-state index in [1.807, 2.05) is 21.1 Å². The number of phosphoric ester groups is 1. The van der Waals surface area contributed by atoms with Crippen LogP contribution in [0.2, 0.25) is 0 Å². The number of hydrogen-bond acceptors (Lipinski definition) is 6. The van der Waals surface area contributed by atoms with Crippen molar-refractivity contribution >= 4 is 13.7 Å². The molecule has 0 saturated heterocycles. The molecule has 0 radical (unpaired) electrons. The van der Waals surface area contributed by atoms with E-state index in [1.165, 1.54) is 257 Å². The van der Waals surface area contributed by atoms with Gasteiger partial charge >= 0.3 is 0 Å². The van der Waals surface area contributed by atoms with Crippen molar-refractivity contribution in [3.05, 3.63) is 24.3 Å². The number of carbonyl (C=O) groups is 1. The summed E-state index contributed by atoms with van der Waals surface area (Å²) in [5.74, 6) is -0.164. The number of allylic oxidation sites excluding steroid dienone is 4. The first-order valence-electron chi connectivity index (χ1n) is 32.2. The number of hydrogen-bond donors (Lipinski definition) is 2. The first kappa shape index (κ1) is 72.0. The Bertz CT molecular complexity index is 1240. The molecule has 0 aromatic rings. The lowest BCUT2D eigenvalue weighted by Crippen LogP contribution is -2.46. The molecule has 0 aliphatic heterocycles. The quantitative estimate of drug-likeness (QED) is 0.0272. The van der Waals surface area contributed by atoms with Crippen LogP contribution in [0.5, 0.6) is 0 Å². The molecule has 0 aromatic heterocycles. The van der Waals surface area contributed by atoms with Gasteiger partial charge in [0.1, 0.15) is 13.2 Å². The van der Waals surface area contributed by atoms with Crippen molar-refractivity contribution in [3.63, 3.8) is 0 Å². The first-order chi connectivity index (χ1) is 35.5. The summed E-state index contributed by atoms with van der Waals surface area (Å²) in [6, 6.07) is -0.803. The Hall–Kier alpha value is -1.02. The molecule has 0 saturated carbocycles. The number of phosphoric acid groups is 1. The summed E-state index contributed by atoms with van der Waals surface area (Å²) < 4.78 is 23.5. The molecule has 0 heterocycles. The molecule has 0 aliphatic carbocycles. The van der Waals surface area contributed by atoms with E-state index < -0.39 is 20.0 Å². The number of unbranched alkanes of at least 4 members (excludes halogenated alkanes) is 43. The van der Waals surface area contributed by atoms with Crippen molar-refractivity contribution in [2.45, 2.75) is 341 Å². The Morgan fingerprint density at radius 3 is 1.14 bits per heavy atom. The Balaban J connectivity index is 4.05. The highest BCUT2D eigenvalue weighted by Crippen LogP contribution is 2.38. The fourth-order valence-corrected chi connectivity index (χ4v) is 10.6. The lowest BCUT2D eigenvalue weighted by molar-refractivity contribution is -0.870. The summed E-state index contributed by atoms with van der Waals surface area (Å²) in [7, 11) is 1.31. The van der Waals surface area contributed by atoms with Gasteiger partial charge in [-0.25, -0.2) is 0 Å². The second-order valence-electron chi connectivity index (χ2n) is 23.5. The smallest absolute Gasteiger partial charge is 0.268 e. The van der Waals surface area contributed by atoms with Gasteiger partial charge < -0.3 is 28.8 Å². The number of carbonyl (C=O) groups excluding carboxylic acids is 1. The number of amides is 1. The largest absolute Gasteiger partial charge is 0.756 e. The van der Waals surface area contributed by atoms with Crippen LogP contribution in [0.1, 0.15) is 328 Å². The van der Waals surface area contributed by atoms with Crippen molar-refractivity contribution < 1.29 is 32.9 Å².